The highest BCUT2D eigenvalue weighted by molar-refractivity contribution is 4.73. The van der Waals surface area contributed by atoms with E-state index < -0.39 is 0 Å². The van der Waals surface area contributed by atoms with E-state index in [0.717, 1.165) is 26.3 Å². The molecule has 0 aliphatic rings. The van der Waals surface area contributed by atoms with Gasteiger partial charge in [-0.15, -0.1) is 0 Å². The second-order valence-corrected chi connectivity index (χ2v) is 3.43. The van der Waals surface area contributed by atoms with E-state index in [-0.39, 0.29) is 6.04 Å². The summed E-state index contributed by atoms with van der Waals surface area (Å²) in [6.07, 6.45) is 0. The summed E-state index contributed by atoms with van der Waals surface area (Å²) < 4.78 is 5.31. The number of hydrogen-bond acceptors (Lipinski definition) is 3. The van der Waals surface area contributed by atoms with Gasteiger partial charge in [0, 0.05) is 25.2 Å². The molecule has 0 rings (SSSR count). The fourth-order valence-electron chi connectivity index (χ4n) is 1.31. The lowest BCUT2D eigenvalue weighted by Crippen LogP contribution is -2.45. The predicted molar refractivity (Wildman–Crippen MR) is 56.9 cm³/mol. The van der Waals surface area contributed by atoms with Crippen LogP contribution in [0.25, 0.3) is 0 Å². The van der Waals surface area contributed by atoms with E-state index in [4.69, 9.17) is 10.5 Å². The quantitative estimate of drug-likeness (QED) is 0.608. The van der Waals surface area contributed by atoms with Gasteiger partial charge in [0.2, 0.25) is 0 Å². The molecule has 0 heterocycles. The molecule has 0 aromatic rings. The first-order valence-corrected chi connectivity index (χ1v) is 5.20. The second-order valence-electron chi connectivity index (χ2n) is 3.43. The number of hydrogen-bond donors (Lipinski definition) is 1. The van der Waals surface area contributed by atoms with Gasteiger partial charge in [-0.05, 0) is 27.3 Å². The van der Waals surface area contributed by atoms with Crippen molar-refractivity contribution in [1.29, 1.82) is 0 Å². The van der Waals surface area contributed by atoms with Crippen LogP contribution in [0, 0.1) is 0 Å². The van der Waals surface area contributed by atoms with Gasteiger partial charge in [0.25, 0.3) is 0 Å². The molecule has 2 N–H and O–H groups in total. The highest BCUT2D eigenvalue weighted by Crippen LogP contribution is 2.01. The molecule has 0 fully saturated rings. The van der Waals surface area contributed by atoms with Crippen LogP contribution in [0.4, 0.5) is 0 Å². The van der Waals surface area contributed by atoms with Crippen LogP contribution in [0.5, 0.6) is 0 Å². The molecule has 0 amide bonds. The third kappa shape index (κ3) is 5.24. The van der Waals surface area contributed by atoms with Gasteiger partial charge in [0.05, 0.1) is 6.61 Å². The topological polar surface area (TPSA) is 38.5 Å². The minimum atomic E-state index is 0.224. The largest absolute Gasteiger partial charge is 0.380 e. The van der Waals surface area contributed by atoms with Gasteiger partial charge in [-0.3, -0.25) is 4.90 Å². The molecular formula is C10H24N2O. The monoisotopic (exact) mass is 188 g/mol. The van der Waals surface area contributed by atoms with E-state index in [1.165, 1.54) is 0 Å². The van der Waals surface area contributed by atoms with Crippen LogP contribution < -0.4 is 5.73 Å². The van der Waals surface area contributed by atoms with E-state index in [1.807, 2.05) is 13.8 Å². The molecule has 0 aliphatic heterocycles. The first kappa shape index (κ1) is 12.9. The standard InChI is InChI=1S/C10H24N2O/c1-5-12(7-8-13-6-2)10(4)9(3)11/h9-10H,5-8,11H2,1-4H3. The van der Waals surface area contributed by atoms with Crippen molar-refractivity contribution >= 4 is 0 Å². The van der Waals surface area contributed by atoms with Crippen molar-refractivity contribution in [2.75, 3.05) is 26.3 Å². The summed E-state index contributed by atoms with van der Waals surface area (Å²) in [6.45, 7) is 12.0. The summed E-state index contributed by atoms with van der Waals surface area (Å²) in [5.74, 6) is 0. The van der Waals surface area contributed by atoms with Gasteiger partial charge in [0.1, 0.15) is 0 Å². The van der Waals surface area contributed by atoms with E-state index in [2.05, 4.69) is 18.7 Å². The van der Waals surface area contributed by atoms with Crippen LogP contribution in [0.1, 0.15) is 27.7 Å². The van der Waals surface area contributed by atoms with Gasteiger partial charge in [0.15, 0.2) is 0 Å². The number of nitrogens with zero attached hydrogens (tertiary/aromatic N) is 1. The summed E-state index contributed by atoms with van der Waals surface area (Å²) in [5.41, 5.74) is 5.83. The maximum Gasteiger partial charge on any atom is 0.0593 e. The fourth-order valence-corrected chi connectivity index (χ4v) is 1.31. The Balaban J connectivity index is 3.73. The highest BCUT2D eigenvalue weighted by Gasteiger charge is 2.14. The Kier molecular flexibility index (Phi) is 7.23. The lowest BCUT2D eigenvalue weighted by molar-refractivity contribution is 0.0955. The SMILES string of the molecule is CCOCCN(CC)C(C)C(C)N. The first-order valence-electron chi connectivity index (χ1n) is 5.20. The third-order valence-corrected chi connectivity index (χ3v) is 2.47. The molecular weight excluding hydrogens is 164 g/mol. The van der Waals surface area contributed by atoms with Gasteiger partial charge in [-0.1, -0.05) is 6.92 Å². The summed E-state index contributed by atoms with van der Waals surface area (Å²) in [7, 11) is 0. The van der Waals surface area contributed by atoms with E-state index >= 15 is 0 Å². The first-order chi connectivity index (χ1) is 6.13. The number of ether oxygens (including phenoxy) is 1. The molecule has 0 saturated carbocycles. The zero-order chi connectivity index (χ0) is 10.3. The van der Waals surface area contributed by atoms with Crippen molar-refractivity contribution < 1.29 is 4.74 Å². The molecule has 3 heteroatoms. The number of rotatable bonds is 7. The van der Waals surface area contributed by atoms with Crippen LogP contribution in [-0.2, 0) is 4.74 Å². The zero-order valence-electron chi connectivity index (χ0n) is 9.42. The maximum absolute atomic E-state index is 5.83. The molecule has 0 radical (unpaired) electrons. The maximum atomic E-state index is 5.83. The fraction of sp³-hybridized carbons (Fsp3) is 1.00. The van der Waals surface area contributed by atoms with Crippen LogP contribution in [-0.4, -0.2) is 43.3 Å². The zero-order valence-corrected chi connectivity index (χ0v) is 9.42. The van der Waals surface area contributed by atoms with Crippen molar-refractivity contribution in [3.8, 4) is 0 Å². The van der Waals surface area contributed by atoms with Gasteiger partial charge < -0.3 is 10.5 Å². The van der Waals surface area contributed by atoms with Crippen LogP contribution in [0.15, 0.2) is 0 Å². The van der Waals surface area contributed by atoms with Gasteiger partial charge >= 0.3 is 0 Å². The second kappa shape index (κ2) is 7.30. The molecule has 0 aliphatic carbocycles. The molecule has 2 atom stereocenters. The van der Waals surface area contributed by atoms with Crippen LogP contribution >= 0.6 is 0 Å². The summed E-state index contributed by atoms with van der Waals surface area (Å²) in [5, 5.41) is 0. The lowest BCUT2D eigenvalue weighted by atomic mass is 10.1. The Hall–Kier alpha value is -0.120. The van der Waals surface area contributed by atoms with Gasteiger partial charge in [-0.2, -0.15) is 0 Å². The molecule has 0 aromatic heterocycles. The lowest BCUT2D eigenvalue weighted by Gasteiger charge is -2.30. The summed E-state index contributed by atoms with van der Waals surface area (Å²) in [4.78, 5) is 2.35. The van der Waals surface area contributed by atoms with Gasteiger partial charge in [-0.25, -0.2) is 0 Å². The minimum Gasteiger partial charge on any atom is -0.380 e. The molecule has 0 aromatic carbocycles. The average molecular weight is 188 g/mol. The number of nitrogens with two attached hydrogens (primary N) is 1. The van der Waals surface area contributed by atoms with Crippen molar-refractivity contribution in [1.82, 2.24) is 4.90 Å². The Labute approximate surface area is 82.2 Å². The highest BCUT2D eigenvalue weighted by atomic mass is 16.5. The molecule has 80 valence electrons. The van der Waals surface area contributed by atoms with Crippen molar-refractivity contribution in [2.24, 2.45) is 5.73 Å². The smallest absolute Gasteiger partial charge is 0.0593 e. The Morgan fingerprint density at radius 2 is 1.92 bits per heavy atom. The Morgan fingerprint density at radius 1 is 1.31 bits per heavy atom. The number of likely N-dealkylation sites (N-methyl/N-ethyl adjacent to an activating group) is 1. The predicted octanol–water partition coefficient (Wildman–Crippen LogP) is 1.08. The van der Waals surface area contributed by atoms with Crippen LogP contribution in [0.2, 0.25) is 0 Å². The Bertz CT molecular complexity index is 117. The minimum absolute atomic E-state index is 0.224. The van der Waals surface area contributed by atoms with E-state index in [9.17, 15) is 0 Å². The average Bonchev–Trinajstić information content (AvgIpc) is 2.11. The summed E-state index contributed by atoms with van der Waals surface area (Å²) >= 11 is 0. The molecule has 0 spiro atoms. The van der Waals surface area contributed by atoms with Crippen molar-refractivity contribution in [2.45, 2.75) is 39.8 Å². The van der Waals surface area contributed by atoms with E-state index in [0.29, 0.717) is 6.04 Å². The van der Waals surface area contributed by atoms with Crippen molar-refractivity contribution in [3.63, 3.8) is 0 Å². The molecule has 3 nitrogen and oxygen atoms in total. The van der Waals surface area contributed by atoms with Crippen LogP contribution in [0.3, 0.4) is 0 Å². The Morgan fingerprint density at radius 3 is 2.31 bits per heavy atom. The molecule has 0 saturated heterocycles. The normalized spacial score (nSPS) is 16.2. The third-order valence-electron chi connectivity index (χ3n) is 2.47. The molecule has 2 unspecified atom stereocenters. The van der Waals surface area contributed by atoms with E-state index in [1.54, 1.807) is 0 Å². The van der Waals surface area contributed by atoms with Crippen molar-refractivity contribution in [3.05, 3.63) is 0 Å². The molecule has 0 bridgehead atoms. The molecule has 13 heavy (non-hydrogen) atoms. The summed E-state index contributed by atoms with van der Waals surface area (Å²) in [6, 6.07) is 0.659.